The third-order valence-electron chi connectivity index (χ3n) is 15.4. The summed E-state index contributed by atoms with van der Waals surface area (Å²) in [5.74, 6) is 0. The van der Waals surface area contributed by atoms with Crippen LogP contribution in [0, 0.1) is 0 Å². The molecule has 0 atom stereocenters. The summed E-state index contributed by atoms with van der Waals surface area (Å²) in [4.78, 5) is 0. The highest BCUT2D eigenvalue weighted by Gasteiger charge is 2.42. The van der Waals surface area contributed by atoms with Crippen molar-refractivity contribution in [3.05, 3.63) is 249 Å². The van der Waals surface area contributed by atoms with Crippen molar-refractivity contribution in [1.82, 2.24) is 13.7 Å². The standard InChI is InChI=1S/C66H41N3O3Si/c1-3-21-45(22-4-1)73(46-23-5-2-6-24-46,47-25-17-19-42(39-47)67-55-32-12-7-27-49(55)61-52-30-10-15-35-58(52)70-64(61)67)48-26-18-20-43(40-48)68-57-34-14-9-29-51(57)63-54-41-44(37-38-60(54)72-66(63)68)69-56-33-13-8-28-50(56)62-53-31-11-16-36-59(53)71-65(62)69/h1-41H. The zero-order chi connectivity index (χ0) is 47.8. The average Bonchev–Trinajstić information content (AvgIpc) is 4.30. The molecular weight excluding hydrogens is 911 g/mol. The van der Waals surface area contributed by atoms with Gasteiger partial charge in [-0.05, 0) is 93.5 Å². The van der Waals surface area contributed by atoms with Gasteiger partial charge < -0.3 is 13.3 Å². The summed E-state index contributed by atoms with van der Waals surface area (Å²) >= 11 is 0. The summed E-state index contributed by atoms with van der Waals surface area (Å²) < 4.78 is 27.4. The molecule has 7 heteroatoms. The maximum absolute atomic E-state index is 7.08. The first-order valence-corrected chi connectivity index (χ1v) is 26.8. The number of para-hydroxylation sites is 5. The molecule has 10 aromatic carbocycles. The summed E-state index contributed by atoms with van der Waals surface area (Å²) in [5, 5.41) is 15.2. The average molecular weight is 952 g/mol. The van der Waals surface area contributed by atoms with Crippen molar-refractivity contribution >= 4 is 128 Å². The van der Waals surface area contributed by atoms with E-state index in [0.29, 0.717) is 0 Å². The summed E-state index contributed by atoms with van der Waals surface area (Å²) in [6.45, 7) is 0. The zero-order valence-electron chi connectivity index (χ0n) is 39.2. The Morgan fingerprint density at radius 1 is 0.247 bits per heavy atom. The molecule has 0 spiro atoms. The van der Waals surface area contributed by atoms with Crippen LogP contribution in [0.1, 0.15) is 0 Å². The molecule has 0 saturated carbocycles. The third kappa shape index (κ3) is 5.57. The Bertz CT molecular complexity index is 4830. The maximum Gasteiger partial charge on any atom is 0.213 e. The van der Waals surface area contributed by atoms with Crippen molar-refractivity contribution in [3.63, 3.8) is 0 Å². The SMILES string of the molecule is c1ccc([Si](c2ccccc2)(c2cccc(-n3c4ccccc4c4c5ccccc5oc43)c2)c2cccc(-n3c4ccccc4c4c5cc(-n6c7ccccc7c7c8ccccc8oc76)ccc5oc43)c2)cc1. The monoisotopic (exact) mass is 951 g/mol. The van der Waals surface area contributed by atoms with Crippen LogP contribution in [0.5, 0.6) is 0 Å². The number of benzene rings is 10. The minimum absolute atomic E-state index is 0.805. The van der Waals surface area contributed by atoms with Crippen LogP contribution in [0.25, 0.3) is 116 Å². The molecule has 16 aromatic rings. The second-order valence-corrected chi connectivity index (χ2v) is 23.0. The fourth-order valence-corrected chi connectivity index (χ4v) is 17.2. The quantitative estimate of drug-likeness (QED) is 0.118. The lowest BCUT2D eigenvalue weighted by atomic mass is 10.1. The lowest BCUT2D eigenvalue weighted by Gasteiger charge is -2.35. The first kappa shape index (κ1) is 40.2. The van der Waals surface area contributed by atoms with Crippen LogP contribution < -0.4 is 20.7 Å². The second kappa shape index (κ2) is 15.2. The number of rotatable bonds is 7. The number of hydrogen-bond donors (Lipinski definition) is 0. The lowest BCUT2D eigenvalue weighted by molar-refractivity contribution is 0.643. The van der Waals surface area contributed by atoms with Gasteiger partial charge in [0.1, 0.15) is 16.7 Å². The lowest BCUT2D eigenvalue weighted by Crippen LogP contribution is -2.74. The van der Waals surface area contributed by atoms with Gasteiger partial charge in [-0.15, -0.1) is 0 Å². The van der Waals surface area contributed by atoms with Crippen LogP contribution in [0.4, 0.5) is 0 Å². The van der Waals surface area contributed by atoms with Crippen molar-refractivity contribution in [2.45, 2.75) is 0 Å². The van der Waals surface area contributed by atoms with Crippen LogP contribution in [-0.2, 0) is 0 Å². The highest BCUT2D eigenvalue weighted by atomic mass is 28.3. The first-order valence-electron chi connectivity index (χ1n) is 24.8. The number of aromatic nitrogens is 3. The maximum atomic E-state index is 7.08. The molecule has 6 heterocycles. The van der Waals surface area contributed by atoms with Gasteiger partial charge in [-0.3, -0.25) is 13.7 Å². The van der Waals surface area contributed by atoms with Crippen molar-refractivity contribution < 1.29 is 13.3 Å². The molecule has 6 nitrogen and oxygen atoms in total. The predicted octanol–water partition coefficient (Wildman–Crippen LogP) is 14.6. The van der Waals surface area contributed by atoms with Crippen molar-refractivity contribution in [2.75, 3.05) is 0 Å². The number of nitrogens with zero attached hydrogens (tertiary/aromatic N) is 3. The molecule has 0 amide bonds. The van der Waals surface area contributed by atoms with E-state index in [9.17, 15) is 0 Å². The van der Waals surface area contributed by atoms with Gasteiger partial charge in [-0.2, -0.15) is 0 Å². The molecule has 6 aromatic heterocycles. The van der Waals surface area contributed by atoms with E-state index in [4.69, 9.17) is 13.3 Å². The van der Waals surface area contributed by atoms with Crippen LogP contribution >= 0.6 is 0 Å². The molecule has 342 valence electrons. The smallest absolute Gasteiger partial charge is 0.213 e. The summed E-state index contributed by atoms with van der Waals surface area (Å²) in [6, 6.07) is 89.9. The number of fused-ring (bicyclic) bond motifs is 15. The molecule has 73 heavy (non-hydrogen) atoms. The molecule has 0 bridgehead atoms. The van der Waals surface area contributed by atoms with E-state index in [0.717, 1.165) is 111 Å². The minimum Gasteiger partial charge on any atom is -0.439 e. The van der Waals surface area contributed by atoms with Crippen LogP contribution in [-0.4, -0.2) is 21.8 Å². The third-order valence-corrected chi connectivity index (χ3v) is 20.2. The predicted molar refractivity (Wildman–Crippen MR) is 302 cm³/mol. The normalized spacial score (nSPS) is 12.4. The van der Waals surface area contributed by atoms with Gasteiger partial charge in [0.2, 0.25) is 17.1 Å². The number of hydrogen-bond acceptors (Lipinski definition) is 3. The molecule has 0 fully saturated rings. The minimum atomic E-state index is -3.12. The fourth-order valence-electron chi connectivity index (χ4n) is 12.4. The molecule has 0 aliphatic heterocycles. The number of furan rings is 3. The van der Waals surface area contributed by atoms with Crippen LogP contribution in [0.2, 0.25) is 0 Å². The Morgan fingerprint density at radius 3 is 1.04 bits per heavy atom. The van der Waals surface area contributed by atoms with Gasteiger partial charge in [-0.25, -0.2) is 0 Å². The zero-order valence-corrected chi connectivity index (χ0v) is 40.2. The Balaban J connectivity index is 0.928. The van der Waals surface area contributed by atoms with E-state index in [1.165, 1.54) is 26.1 Å². The Kier molecular flexibility index (Phi) is 8.38. The molecular formula is C66H41N3O3Si. The van der Waals surface area contributed by atoms with E-state index in [1.54, 1.807) is 0 Å². The Hall–Kier alpha value is -9.56. The molecule has 0 radical (unpaired) electrons. The van der Waals surface area contributed by atoms with E-state index in [-0.39, 0.29) is 0 Å². The second-order valence-electron chi connectivity index (χ2n) is 19.2. The molecule has 0 unspecified atom stereocenters. The summed E-state index contributed by atoms with van der Waals surface area (Å²) in [6.07, 6.45) is 0. The van der Waals surface area contributed by atoms with Crippen molar-refractivity contribution in [1.29, 1.82) is 0 Å². The van der Waals surface area contributed by atoms with Gasteiger partial charge in [-0.1, -0.05) is 176 Å². The van der Waals surface area contributed by atoms with E-state index in [1.807, 2.05) is 12.1 Å². The van der Waals surface area contributed by atoms with Crippen molar-refractivity contribution in [3.8, 4) is 17.1 Å². The van der Waals surface area contributed by atoms with Crippen LogP contribution in [0.15, 0.2) is 262 Å². The van der Waals surface area contributed by atoms with Gasteiger partial charge in [0.05, 0.1) is 32.7 Å². The van der Waals surface area contributed by atoms with Crippen molar-refractivity contribution in [2.24, 2.45) is 0 Å². The first-order chi connectivity index (χ1) is 36.2. The van der Waals surface area contributed by atoms with E-state index in [2.05, 4.69) is 250 Å². The van der Waals surface area contributed by atoms with Gasteiger partial charge in [0.15, 0.2) is 8.07 Å². The molecule has 0 aliphatic rings. The highest BCUT2D eigenvalue weighted by Crippen LogP contribution is 2.43. The summed E-state index contributed by atoms with van der Waals surface area (Å²) in [7, 11) is -3.12. The largest absolute Gasteiger partial charge is 0.439 e. The van der Waals surface area contributed by atoms with E-state index < -0.39 is 8.07 Å². The summed E-state index contributed by atoms with van der Waals surface area (Å²) in [5.41, 5.74) is 11.5. The fraction of sp³-hybridized carbons (Fsp3) is 0. The van der Waals surface area contributed by atoms with Gasteiger partial charge in [0.25, 0.3) is 0 Å². The molecule has 0 aliphatic carbocycles. The molecule has 0 N–H and O–H groups in total. The van der Waals surface area contributed by atoms with E-state index >= 15 is 0 Å². The molecule has 16 rings (SSSR count). The Labute approximate surface area is 418 Å². The topological polar surface area (TPSA) is 54.2 Å². The Morgan fingerprint density at radius 2 is 0.589 bits per heavy atom. The van der Waals surface area contributed by atoms with Crippen LogP contribution in [0.3, 0.4) is 0 Å². The highest BCUT2D eigenvalue weighted by molar-refractivity contribution is 7.20. The molecule has 0 saturated heterocycles. The van der Waals surface area contributed by atoms with Gasteiger partial charge in [0, 0.05) is 49.4 Å². The van der Waals surface area contributed by atoms with Gasteiger partial charge >= 0.3 is 0 Å².